The highest BCUT2D eigenvalue weighted by Crippen LogP contribution is 2.30. The zero-order valence-electron chi connectivity index (χ0n) is 13.0. The molecule has 0 saturated heterocycles. The van der Waals surface area contributed by atoms with Gasteiger partial charge >= 0.3 is 5.97 Å². The minimum atomic E-state index is -0.397. The summed E-state index contributed by atoms with van der Waals surface area (Å²) in [5.41, 5.74) is 2.82. The zero-order chi connectivity index (χ0) is 16.9. The Kier molecular flexibility index (Phi) is 4.43. The summed E-state index contributed by atoms with van der Waals surface area (Å²) < 4.78 is 10.3. The Balaban J connectivity index is 2.10. The van der Waals surface area contributed by atoms with Crippen LogP contribution >= 0.6 is 0 Å². The highest BCUT2D eigenvalue weighted by Gasteiger charge is 2.15. The van der Waals surface area contributed by atoms with E-state index in [0.29, 0.717) is 11.3 Å². The molecule has 1 aliphatic rings. The van der Waals surface area contributed by atoms with E-state index in [-0.39, 0.29) is 5.75 Å². The summed E-state index contributed by atoms with van der Waals surface area (Å²) >= 11 is 0. The number of aromatic hydroxyl groups is 1. The van der Waals surface area contributed by atoms with Crippen molar-refractivity contribution in [3.05, 3.63) is 83.4 Å². The molecule has 0 aliphatic carbocycles. The van der Waals surface area contributed by atoms with Crippen LogP contribution in [0.25, 0.3) is 5.57 Å². The number of hydrogen-bond acceptors (Lipinski definition) is 5. The second-order valence-electron chi connectivity index (χ2n) is 5.04. The minimum absolute atomic E-state index is 0.153. The normalized spacial score (nSPS) is 14.9. The number of aliphatic imine (C=N–C) groups is 1. The van der Waals surface area contributed by atoms with E-state index in [1.54, 1.807) is 54.9 Å². The van der Waals surface area contributed by atoms with Gasteiger partial charge in [-0.1, -0.05) is 24.3 Å². The van der Waals surface area contributed by atoms with Gasteiger partial charge in [0.1, 0.15) is 12.0 Å². The minimum Gasteiger partial charge on any atom is -0.508 e. The quantitative estimate of drug-likeness (QED) is 0.878. The highest BCUT2D eigenvalue weighted by molar-refractivity contribution is 5.96. The molecule has 1 aliphatic heterocycles. The van der Waals surface area contributed by atoms with Gasteiger partial charge in [-0.3, -0.25) is 4.99 Å². The number of phenolic OH excluding ortho intramolecular Hbond substituents is 1. The smallest absolute Gasteiger partial charge is 0.337 e. The van der Waals surface area contributed by atoms with Gasteiger partial charge in [0.05, 0.1) is 25.1 Å². The number of rotatable bonds is 3. The summed E-state index contributed by atoms with van der Waals surface area (Å²) in [5, 5.41) is 9.78. The number of hydrogen-bond donors (Lipinski definition) is 1. The number of carbonyl (C=O) groups is 1. The van der Waals surface area contributed by atoms with Crippen molar-refractivity contribution in [1.82, 2.24) is 0 Å². The first kappa shape index (κ1) is 15.6. The molecule has 0 unspecified atom stereocenters. The average molecular weight is 321 g/mol. The molecule has 5 heteroatoms. The molecule has 0 spiro atoms. The van der Waals surface area contributed by atoms with Crippen LogP contribution in [0.15, 0.2) is 71.7 Å². The Labute approximate surface area is 139 Å². The lowest BCUT2D eigenvalue weighted by Crippen LogP contribution is -2.03. The molecule has 0 atom stereocenters. The van der Waals surface area contributed by atoms with E-state index < -0.39 is 5.97 Å². The summed E-state index contributed by atoms with van der Waals surface area (Å²) in [5.74, 6) is 0.306. The Morgan fingerprint density at radius 3 is 2.46 bits per heavy atom. The number of phenols is 1. The van der Waals surface area contributed by atoms with Gasteiger partial charge in [0.2, 0.25) is 0 Å². The Hall–Kier alpha value is -3.34. The summed E-state index contributed by atoms with van der Waals surface area (Å²) in [6, 6.07) is 13.8. The molecule has 2 aromatic rings. The number of carbonyl (C=O) groups excluding carboxylic acids is 1. The molecule has 0 fully saturated rings. The Morgan fingerprint density at radius 2 is 1.83 bits per heavy atom. The largest absolute Gasteiger partial charge is 0.508 e. The summed E-state index contributed by atoms with van der Waals surface area (Å²) in [6.07, 6.45) is 4.64. The Bertz CT molecular complexity index is 848. The van der Waals surface area contributed by atoms with Crippen LogP contribution in [0.4, 0.5) is 0 Å². The lowest BCUT2D eigenvalue weighted by molar-refractivity contribution is 0.0600. The first-order valence-electron chi connectivity index (χ1n) is 7.26. The van der Waals surface area contributed by atoms with E-state index in [2.05, 4.69) is 4.99 Å². The SMILES string of the molecule is COC(=O)c1ccc(C(=C2C=NC=CO2)c2cccc(O)c2)cc1. The molecule has 0 amide bonds. The van der Waals surface area contributed by atoms with Crippen molar-refractivity contribution < 1.29 is 19.4 Å². The fourth-order valence-electron chi connectivity index (χ4n) is 2.41. The van der Waals surface area contributed by atoms with Crippen LogP contribution in [0, 0.1) is 0 Å². The predicted octanol–water partition coefficient (Wildman–Crippen LogP) is 3.51. The van der Waals surface area contributed by atoms with Crippen molar-refractivity contribution in [2.45, 2.75) is 0 Å². The van der Waals surface area contributed by atoms with E-state index in [1.165, 1.54) is 13.4 Å². The van der Waals surface area contributed by atoms with E-state index in [9.17, 15) is 9.90 Å². The van der Waals surface area contributed by atoms with E-state index in [1.807, 2.05) is 6.07 Å². The predicted molar refractivity (Wildman–Crippen MR) is 90.6 cm³/mol. The lowest BCUT2D eigenvalue weighted by Gasteiger charge is -2.14. The molecule has 3 rings (SSSR count). The second-order valence-corrected chi connectivity index (χ2v) is 5.04. The zero-order valence-corrected chi connectivity index (χ0v) is 13.0. The van der Waals surface area contributed by atoms with E-state index >= 15 is 0 Å². The first-order chi connectivity index (χ1) is 11.7. The number of nitrogens with zero attached hydrogens (tertiary/aromatic N) is 1. The molecular formula is C19H15NO4. The monoisotopic (exact) mass is 321 g/mol. The van der Waals surface area contributed by atoms with Crippen LogP contribution < -0.4 is 0 Å². The van der Waals surface area contributed by atoms with Crippen LogP contribution in [0.2, 0.25) is 0 Å². The fraction of sp³-hybridized carbons (Fsp3) is 0.0526. The van der Waals surface area contributed by atoms with Gasteiger partial charge in [0.25, 0.3) is 0 Å². The average Bonchev–Trinajstić information content (AvgIpc) is 2.63. The summed E-state index contributed by atoms with van der Waals surface area (Å²) in [4.78, 5) is 15.7. The van der Waals surface area contributed by atoms with Crippen LogP contribution in [0.1, 0.15) is 21.5 Å². The molecule has 1 N–H and O–H groups in total. The molecule has 2 aromatic carbocycles. The number of benzene rings is 2. The summed E-state index contributed by atoms with van der Waals surface area (Å²) in [7, 11) is 1.34. The molecule has 1 heterocycles. The van der Waals surface area contributed by atoms with Gasteiger partial charge in [-0.15, -0.1) is 0 Å². The topological polar surface area (TPSA) is 68.1 Å². The van der Waals surface area contributed by atoms with Crippen LogP contribution in [-0.2, 0) is 9.47 Å². The molecule has 120 valence electrons. The van der Waals surface area contributed by atoms with Crippen molar-refractivity contribution in [3.63, 3.8) is 0 Å². The molecule has 0 radical (unpaired) electrons. The van der Waals surface area contributed by atoms with Gasteiger partial charge in [0.15, 0.2) is 5.76 Å². The Morgan fingerprint density at radius 1 is 1.08 bits per heavy atom. The molecule has 0 bridgehead atoms. The number of allylic oxidation sites excluding steroid dienone is 1. The van der Waals surface area contributed by atoms with Gasteiger partial charge in [-0.05, 0) is 35.4 Å². The third kappa shape index (κ3) is 3.20. The van der Waals surface area contributed by atoms with Crippen LogP contribution in [0.5, 0.6) is 5.75 Å². The van der Waals surface area contributed by atoms with Gasteiger partial charge in [0, 0.05) is 5.57 Å². The number of ether oxygens (including phenoxy) is 2. The third-order valence-electron chi connectivity index (χ3n) is 3.51. The first-order valence-corrected chi connectivity index (χ1v) is 7.26. The highest BCUT2D eigenvalue weighted by atomic mass is 16.5. The maximum atomic E-state index is 11.6. The van der Waals surface area contributed by atoms with E-state index in [4.69, 9.17) is 9.47 Å². The van der Waals surface area contributed by atoms with Crippen molar-refractivity contribution >= 4 is 17.8 Å². The molecule has 24 heavy (non-hydrogen) atoms. The van der Waals surface area contributed by atoms with Gasteiger partial charge < -0.3 is 14.6 Å². The van der Waals surface area contributed by atoms with Crippen molar-refractivity contribution in [3.8, 4) is 5.75 Å². The lowest BCUT2D eigenvalue weighted by atomic mass is 9.95. The van der Waals surface area contributed by atoms with Gasteiger partial charge in [-0.2, -0.15) is 0 Å². The maximum Gasteiger partial charge on any atom is 0.337 e. The third-order valence-corrected chi connectivity index (χ3v) is 3.51. The molecule has 0 aromatic heterocycles. The number of methoxy groups -OCH3 is 1. The number of esters is 1. The fourth-order valence-corrected chi connectivity index (χ4v) is 2.41. The van der Waals surface area contributed by atoms with Crippen molar-refractivity contribution in [1.29, 1.82) is 0 Å². The van der Waals surface area contributed by atoms with Crippen LogP contribution in [-0.4, -0.2) is 24.4 Å². The van der Waals surface area contributed by atoms with Crippen molar-refractivity contribution in [2.24, 2.45) is 4.99 Å². The molecule has 0 saturated carbocycles. The van der Waals surface area contributed by atoms with Crippen molar-refractivity contribution in [2.75, 3.05) is 7.11 Å². The molecular weight excluding hydrogens is 306 g/mol. The molecule has 5 nitrogen and oxygen atoms in total. The summed E-state index contributed by atoms with van der Waals surface area (Å²) in [6.45, 7) is 0. The van der Waals surface area contributed by atoms with Crippen LogP contribution in [0.3, 0.4) is 0 Å². The maximum absolute atomic E-state index is 11.6. The van der Waals surface area contributed by atoms with Gasteiger partial charge in [-0.25, -0.2) is 4.79 Å². The second kappa shape index (κ2) is 6.83. The standard InChI is InChI=1S/C19H15NO4/c1-23-19(22)14-7-5-13(6-8-14)18(17-12-20-9-10-24-17)15-3-2-4-16(21)11-15/h2-12,21H,1H3. The van der Waals surface area contributed by atoms with E-state index in [0.717, 1.165) is 16.7 Å².